The van der Waals surface area contributed by atoms with E-state index in [0.29, 0.717) is 12.0 Å². The van der Waals surface area contributed by atoms with E-state index in [0.717, 1.165) is 35.3 Å². The van der Waals surface area contributed by atoms with Crippen LogP contribution in [0.2, 0.25) is 0 Å². The number of ether oxygens (including phenoxy) is 1. The third-order valence-electron chi connectivity index (χ3n) is 9.21. The lowest BCUT2D eigenvalue weighted by atomic mass is 9.54. The molecule has 0 aliphatic heterocycles. The Hall–Kier alpha value is -1.76. The van der Waals surface area contributed by atoms with Crippen LogP contribution in [0.3, 0.4) is 0 Å². The van der Waals surface area contributed by atoms with Crippen molar-refractivity contribution in [2.75, 3.05) is 0 Å². The van der Waals surface area contributed by atoms with Crippen LogP contribution >= 0.6 is 0 Å². The molecule has 3 fully saturated rings. The first-order valence-electron chi connectivity index (χ1n) is 12.0. The molecule has 29 heavy (non-hydrogen) atoms. The Morgan fingerprint density at radius 2 is 1.72 bits per heavy atom. The Morgan fingerprint density at radius 1 is 0.897 bits per heavy atom. The molecule has 2 aromatic carbocycles. The highest BCUT2D eigenvalue weighted by Crippen LogP contribution is 2.66. The number of hydrogen-bond donors (Lipinski definition) is 0. The summed E-state index contributed by atoms with van der Waals surface area (Å²) >= 11 is 0. The Balaban J connectivity index is 1.20. The maximum absolute atomic E-state index is 6.13. The molecule has 3 saturated carbocycles. The van der Waals surface area contributed by atoms with E-state index in [-0.39, 0.29) is 0 Å². The lowest BCUT2D eigenvalue weighted by molar-refractivity contribution is 0.0217. The van der Waals surface area contributed by atoms with Crippen LogP contribution in [0.25, 0.3) is 0 Å². The Kier molecular flexibility index (Phi) is 4.29. The molecular weight excluding hydrogens is 352 g/mol. The molecule has 0 radical (unpaired) electrons. The summed E-state index contributed by atoms with van der Waals surface area (Å²) in [6.07, 6.45) is 11.6. The highest BCUT2D eigenvalue weighted by molar-refractivity contribution is 5.41. The van der Waals surface area contributed by atoms with Crippen LogP contribution in [-0.2, 0) is 13.0 Å². The first-order chi connectivity index (χ1) is 14.2. The minimum absolute atomic E-state index is 0.651. The lowest BCUT2D eigenvalue weighted by Gasteiger charge is -2.51. The molecular formula is C28H34O. The number of rotatable bonds is 4. The topological polar surface area (TPSA) is 9.23 Å². The third kappa shape index (κ3) is 3.04. The van der Waals surface area contributed by atoms with E-state index in [4.69, 9.17) is 4.74 Å². The van der Waals surface area contributed by atoms with Gasteiger partial charge in [-0.3, -0.25) is 0 Å². The Morgan fingerprint density at radius 3 is 2.55 bits per heavy atom. The second-order valence-corrected chi connectivity index (χ2v) is 10.6. The van der Waals surface area contributed by atoms with Crippen LogP contribution in [-0.4, -0.2) is 0 Å². The van der Waals surface area contributed by atoms with Crippen LogP contribution in [0.1, 0.15) is 74.5 Å². The van der Waals surface area contributed by atoms with E-state index in [2.05, 4.69) is 55.5 Å². The summed E-state index contributed by atoms with van der Waals surface area (Å²) in [5, 5.41) is 0. The van der Waals surface area contributed by atoms with E-state index in [9.17, 15) is 0 Å². The summed E-state index contributed by atoms with van der Waals surface area (Å²) < 4.78 is 6.13. The average Bonchev–Trinajstić information content (AvgIpc) is 3.53. The fourth-order valence-corrected chi connectivity index (χ4v) is 7.70. The Bertz CT molecular complexity index is 882. The average molecular weight is 387 g/mol. The second-order valence-electron chi connectivity index (χ2n) is 10.6. The highest BCUT2D eigenvalue weighted by Gasteiger charge is 2.57. The lowest BCUT2D eigenvalue weighted by Crippen LogP contribution is -2.42. The zero-order valence-electron chi connectivity index (χ0n) is 17.8. The highest BCUT2D eigenvalue weighted by atomic mass is 16.5. The number of fused-ring (bicyclic) bond motifs is 5. The van der Waals surface area contributed by atoms with Crippen molar-refractivity contribution in [1.82, 2.24) is 0 Å². The van der Waals surface area contributed by atoms with Gasteiger partial charge in [-0.1, -0.05) is 43.3 Å². The van der Waals surface area contributed by atoms with E-state index in [1.807, 2.05) is 0 Å². The van der Waals surface area contributed by atoms with E-state index >= 15 is 0 Å². The maximum Gasteiger partial charge on any atom is 0.120 e. The van der Waals surface area contributed by atoms with Gasteiger partial charge in [-0.05, 0) is 115 Å². The van der Waals surface area contributed by atoms with Gasteiger partial charge in [0.05, 0.1) is 0 Å². The van der Waals surface area contributed by atoms with Crippen molar-refractivity contribution in [2.45, 2.75) is 70.8 Å². The largest absolute Gasteiger partial charge is 0.489 e. The fourth-order valence-electron chi connectivity index (χ4n) is 7.70. The fraction of sp³-hybridized carbons (Fsp3) is 0.571. The van der Waals surface area contributed by atoms with Gasteiger partial charge in [0.2, 0.25) is 0 Å². The van der Waals surface area contributed by atoms with Crippen molar-refractivity contribution in [3.05, 3.63) is 65.2 Å². The van der Waals surface area contributed by atoms with Crippen molar-refractivity contribution in [1.29, 1.82) is 0 Å². The molecule has 5 atom stereocenters. The van der Waals surface area contributed by atoms with Crippen LogP contribution < -0.4 is 4.74 Å². The summed E-state index contributed by atoms with van der Waals surface area (Å²) in [5.74, 6) is 5.89. The van der Waals surface area contributed by atoms with Crippen molar-refractivity contribution in [3.8, 4) is 5.75 Å². The minimum atomic E-state index is 0.651. The standard InChI is InChI=1S/C28H34O/c1-28-16-15-24-23-12-10-22(29-18-19-5-3-2-4-6-19)17-21(23)9-11-25(24)27(28)14-13-26(28)20-7-8-20/h2-6,10,12,17,20,24-27H,7-9,11,13-16,18H2,1H3/t24?,25?,26-,27?,28+/m0/s1. The molecule has 0 saturated heterocycles. The molecule has 0 bridgehead atoms. The summed E-state index contributed by atoms with van der Waals surface area (Å²) in [7, 11) is 0. The normalized spacial score (nSPS) is 35.5. The van der Waals surface area contributed by atoms with Crippen molar-refractivity contribution >= 4 is 0 Å². The molecule has 1 nitrogen and oxygen atoms in total. The van der Waals surface area contributed by atoms with Crippen LogP contribution in [0.5, 0.6) is 5.75 Å². The summed E-state index contributed by atoms with van der Waals surface area (Å²) in [6.45, 7) is 3.34. The maximum atomic E-state index is 6.13. The minimum Gasteiger partial charge on any atom is -0.489 e. The molecule has 0 spiro atoms. The molecule has 2 aromatic rings. The summed E-state index contributed by atoms with van der Waals surface area (Å²) in [5.41, 5.74) is 5.11. The van der Waals surface area contributed by atoms with Crippen molar-refractivity contribution in [2.24, 2.45) is 29.1 Å². The molecule has 4 aliphatic rings. The first-order valence-corrected chi connectivity index (χ1v) is 12.0. The zero-order valence-corrected chi connectivity index (χ0v) is 17.8. The molecule has 152 valence electrons. The predicted octanol–water partition coefficient (Wildman–Crippen LogP) is 7.15. The van der Waals surface area contributed by atoms with Gasteiger partial charge in [-0.25, -0.2) is 0 Å². The van der Waals surface area contributed by atoms with Gasteiger partial charge in [0.1, 0.15) is 12.4 Å². The third-order valence-corrected chi connectivity index (χ3v) is 9.21. The number of aryl methyl sites for hydroxylation is 1. The van der Waals surface area contributed by atoms with E-state index in [1.165, 1.54) is 56.9 Å². The van der Waals surface area contributed by atoms with E-state index < -0.39 is 0 Å². The molecule has 0 amide bonds. The SMILES string of the molecule is C[C@]12CCC3c4ccc(OCc5ccccc5)cc4CCC3C1CC[C@H]2C1CC1. The monoisotopic (exact) mass is 386 g/mol. The predicted molar refractivity (Wildman–Crippen MR) is 118 cm³/mol. The van der Waals surface area contributed by atoms with Gasteiger partial charge in [0.25, 0.3) is 0 Å². The second kappa shape index (κ2) is 6.89. The molecule has 0 aromatic heterocycles. The van der Waals surface area contributed by atoms with Crippen LogP contribution in [0, 0.1) is 29.1 Å². The number of hydrogen-bond acceptors (Lipinski definition) is 1. The molecule has 0 N–H and O–H groups in total. The van der Waals surface area contributed by atoms with Crippen LogP contribution in [0.4, 0.5) is 0 Å². The molecule has 3 unspecified atom stereocenters. The molecule has 6 rings (SSSR count). The van der Waals surface area contributed by atoms with Crippen LogP contribution in [0.15, 0.2) is 48.5 Å². The molecule has 1 heteroatoms. The van der Waals surface area contributed by atoms with Gasteiger partial charge in [0.15, 0.2) is 0 Å². The molecule has 0 heterocycles. The van der Waals surface area contributed by atoms with E-state index in [1.54, 1.807) is 11.1 Å². The van der Waals surface area contributed by atoms with Crippen molar-refractivity contribution in [3.63, 3.8) is 0 Å². The first kappa shape index (κ1) is 18.0. The Labute approximate surface area is 175 Å². The van der Waals surface area contributed by atoms with Crippen molar-refractivity contribution < 1.29 is 4.74 Å². The zero-order chi connectivity index (χ0) is 19.4. The molecule has 4 aliphatic carbocycles. The van der Waals surface area contributed by atoms with Gasteiger partial charge in [-0.2, -0.15) is 0 Å². The number of benzene rings is 2. The van der Waals surface area contributed by atoms with Gasteiger partial charge in [0, 0.05) is 0 Å². The van der Waals surface area contributed by atoms with Gasteiger partial charge >= 0.3 is 0 Å². The summed E-state index contributed by atoms with van der Waals surface area (Å²) in [6, 6.07) is 17.5. The smallest absolute Gasteiger partial charge is 0.120 e. The van der Waals surface area contributed by atoms with Gasteiger partial charge in [-0.15, -0.1) is 0 Å². The quantitative estimate of drug-likeness (QED) is 0.542. The van der Waals surface area contributed by atoms with Gasteiger partial charge < -0.3 is 4.74 Å². The summed E-state index contributed by atoms with van der Waals surface area (Å²) in [4.78, 5) is 0.